The van der Waals surface area contributed by atoms with Gasteiger partial charge in [-0.3, -0.25) is 0 Å². The number of nitrogens with zero attached hydrogens (tertiary/aromatic N) is 1. The van der Waals surface area contributed by atoms with Gasteiger partial charge in [0.25, 0.3) is 0 Å². The maximum Gasteiger partial charge on any atom is 0.349 e. The van der Waals surface area contributed by atoms with E-state index in [0.29, 0.717) is 22.9 Å². The van der Waals surface area contributed by atoms with Gasteiger partial charge < -0.3 is 9.47 Å². The molecular weight excluding hydrogens is 290 g/mol. The van der Waals surface area contributed by atoms with Crippen LogP contribution in [0.2, 0.25) is 5.02 Å². The molecule has 1 aromatic carbocycles. The lowest BCUT2D eigenvalue weighted by molar-refractivity contribution is -0.158. The summed E-state index contributed by atoms with van der Waals surface area (Å²) in [5.74, 6) is 0.0944. The van der Waals surface area contributed by atoms with E-state index < -0.39 is 11.6 Å². The third kappa shape index (κ3) is 3.27. The normalized spacial score (nSPS) is 11.5. The highest BCUT2D eigenvalue weighted by atomic mass is 35.5. The molecule has 0 radical (unpaired) electrons. The number of hydrogen-bond donors (Lipinski definition) is 0. The Balaban J connectivity index is 2.45. The van der Waals surface area contributed by atoms with Gasteiger partial charge in [-0.05, 0) is 52.0 Å². The van der Waals surface area contributed by atoms with Crippen LogP contribution < -0.4 is 4.74 Å². The summed E-state index contributed by atoms with van der Waals surface area (Å²) in [4.78, 5) is 16.4. The molecule has 2 rings (SSSR count). The molecule has 5 heteroatoms. The number of benzene rings is 1. The zero-order valence-corrected chi connectivity index (χ0v) is 13.3. The predicted molar refractivity (Wildman–Crippen MR) is 82.8 cm³/mol. The third-order valence-corrected chi connectivity index (χ3v) is 3.37. The SMILES string of the molecule is CCOC(=O)C(C)(C)Oc1ccc(Cl)c2ccc(C)nc12. The molecule has 4 nitrogen and oxygen atoms in total. The zero-order chi connectivity index (χ0) is 15.6. The number of rotatable bonds is 4. The number of pyridine rings is 1. The molecule has 112 valence electrons. The molecule has 0 bridgehead atoms. The van der Waals surface area contributed by atoms with E-state index in [1.54, 1.807) is 32.9 Å². The smallest absolute Gasteiger partial charge is 0.349 e. The zero-order valence-electron chi connectivity index (χ0n) is 12.6. The van der Waals surface area contributed by atoms with Crippen LogP contribution >= 0.6 is 11.6 Å². The lowest BCUT2D eigenvalue weighted by Gasteiger charge is -2.24. The van der Waals surface area contributed by atoms with E-state index >= 15 is 0 Å². The Kier molecular flexibility index (Phi) is 4.37. The van der Waals surface area contributed by atoms with E-state index in [0.717, 1.165) is 11.1 Å². The molecule has 0 aliphatic heterocycles. The Hall–Kier alpha value is -1.81. The van der Waals surface area contributed by atoms with Gasteiger partial charge in [0.05, 0.1) is 11.6 Å². The van der Waals surface area contributed by atoms with Gasteiger partial charge in [0.15, 0.2) is 5.60 Å². The first kappa shape index (κ1) is 15.6. The number of carbonyl (C=O) groups excluding carboxylic acids is 1. The first-order valence-corrected chi connectivity index (χ1v) is 7.15. The van der Waals surface area contributed by atoms with Crippen molar-refractivity contribution in [2.75, 3.05) is 6.61 Å². The van der Waals surface area contributed by atoms with Crippen molar-refractivity contribution in [1.29, 1.82) is 0 Å². The van der Waals surface area contributed by atoms with Crippen LogP contribution in [-0.4, -0.2) is 23.2 Å². The number of hydrogen-bond acceptors (Lipinski definition) is 4. The van der Waals surface area contributed by atoms with Crippen molar-refractivity contribution in [3.05, 3.63) is 35.0 Å². The Bertz CT molecular complexity index is 683. The summed E-state index contributed by atoms with van der Waals surface area (Å²) >= 11 is 6.18. The monoisotopic (exact) mass is 307 g/mol. The fourth-order valence-electron chi connectivity index (χ4n) is 1.96. The molecule has 0 unspecified atom stereocenters. The molecule has 0 atom stereocenters. The molecule has 1 heterocycles. The summed E-state index contributed by atoms with van der Waals surface area (Å²) in [6.07, 6.45) is 0. The van der Waals surface area contributed by atoms with Gasteiger partial charge in [-0.2, -0.15) is 0 Å². The number of aromatic nitrogens is 1. The van der Waals surface area contributed by atoms with Crippen molar-refractivity contribution in [2.45, 2.75) is 33.3 Å². The van der Waals surface area contributed by atoms with Gasteiger partial charge in [-0.15, -0.1) is 0 Å². The second-order valence-electron chi connectivity index (χ2n) is 5.23. The summed E-state index contributed by atoms with van der Waals surface area (Å²) in [5.41, 5.74) is 0.394. The predicted octanol–water partition coefficient (Wildman–Crippen LogP) is 3.92. The average molecular weight is 308 g/mol. The van der Waals surface area contributed by atoms with Crippen molar-refractivity contribution in [1.82, 2.24) is 4.98 Å². The van der Waals surface area contributed by atoms with Gasteiger partial charge in [-0.25, -0.2) is 9.78 Å². The molecular formula is C16H18ClNO3. The molecule has 0 saturated carbocycles. The summed E-state index contributed by atoms with van der Waals surface area (Å²) < 4.78 is 10.9. The minimum atomic E-state index is -1.10. The van der Waals surface area contributed by atoms with Gasteiger partial charge in [-0.1, -0.05) is 11.6 Å². The van der Waals surface area contributed by atoms with E-state index in [9.17, 15) is 4.79 Å². The first-order valence-electron chi connectivity index (χ1n) is 6.77. The number of ether oxygens (including phenoxy) is 2. The minimum absolute atomic E-state index is 0.310. The average Bonchev–Trinajstić information content (AvgIpc) is 2.42. The molecule has 0 aliphatic rings. The molecule has 2 aromatic rings. The quantitative estimate of drug-likeness (QED) is 0.803. The Morgan fingerprint density at radius 1 is 1.29 bits per heavy atom. The lowest BCUT2D eigenvalue weighted by Crippen LogP contribution is -2.39. The van der Waals surface area contributed by atoms with Gasteiger partial charge >= 0.3 is 5.97 Å². The van der Waals surface area contributed by atoms with Crippen molar-refractivity contribution < 1.29 is 14.3 Å². The van der Waals surface area contributed by atoms with Crippen LogP contribution in [0.15, 0.2) is 24.3 Å². The third-order valence-electron chi connectivity index (χ3n) is 3.04. The van der Waals surface area contributed by atoms with Crippen LogP contribution in [0.25, 0.3) is 10.9 Å². The van der Waals surface area contributed by atoms with Gasteiger partial charge in [0.1, 0.15) is 11.3 Å². The molecule has 0 N–H and O–H groups in total. The number of aryl methyl sites for hydroxylation is 1. The summed E-state index contributed by atoms with van der Waals surface area (Å²) in [7, 11) is 0. The van der Waals surface area contributed by atoms with Gasteiger partial charge in [0.2, 0.25) is 0 Å². The van der Waals surface area contributed by atoms with Crippen molar-refractivity contribution in [3.8, 4) is 5.75 Å². The number of esters is 1. The lowest BCUT2D eigenvalue weighted by atomic mass is 10.1. The van der Waals surface area contributed by atoms with E-state index in [1.807, 2.05) is 19.1 Å². The Morgan fingerprint density at radius 3 is 2.67 bits per heavy atom. The highest BCUT2D eigenvalue weighted by molar-refractivity contribution is 6.35. The fourth-order valence-corrected chi connectivity index (χ4v) is 2.17. The van der Waals surface area contributed by atoms with Crippen LogP contribution in [-0.2, 0) is 9.53 Å². The molecule has 21 heavy (non-hydrogen) atoms. The molecule has 0 saturated heterocycles. The Morgan fingerprint density at radius 2 is 2.00 bits per heavy atom. The summed E-state index contributed by atoms with van der Waals surface area (Å²) in [5, 5.41) is 1.39. The number of fused-ring (bicyclic) bond motifs is 1. The van der Waals surface area contributed by atoms with Gasteiger partial charge in [0, 0.05) is 11.1 Å². The van der Waals surface area contributed by atoms with Crippen LogP contribution in [0, 0.1) is 6.92 Å². The summed E-state index contributed by atoms with van der Waals surface area (Å²) in [6.45, 7) is 7.30. The second kappa shape index (κ2) is 5.90. The molecule has 0 amide bonds. The second-order valence-corrected chi connectivity index (χ2v) is 5.63. The van der Waals surface area contributed by atoms with Crippen molar-refractivity contribution in [2.24, 2.45) is 0 Å². The molecule has 0 fully saturated rings. The van der Waals surface area contributed by atoms with Crippen molar-refractivity contribution >= 4 is 28.5 Å². The van der Waals surface area contributed by atoms with Crippen molar-refractivity contribution in [3.63, 3.8) is 0 Å². The highest BCUT2D eigenvalue weighted by Gasteiger charge is 2.32. The van der Waals surface area contributed by atoms with E-state index in [1.165, 1.54) is 0 Å². The topological polar surface area (TPSA) is 48.4 Å². The fraction of sp³-hybridized carbons (Fsp3) is 0.375. The number of halogens is 1. The Labute approximate surface area is 129 Å². The maximum absolute atomic E-state index is 11.9. The molecule has 1 aromatic heterocycles. The van der Waals surface area contributed by atoms with E-state index in [2.05, 4.69) is 4.98 Å². The maximum atomic E-state index is 11.9. The largest absolute Gasteiger partial charge is 0.474 e. The first-order chi connectivity index (χ1) is 9.85. The van der Waals surface area contributed by atoms with Crippen LogP contribution in [0.4, 0.5) is 0 Å². The standard InChI is InChI=1S/C16H18ClNO3/c1-5-20-15(19)16(3,4)21-13-9-8-12(17)11-7-6-10(2)18-14(11)13/h6-9H,5H2,1-4H3. The van der Waals surface area contributed by atoms with Crippen LogP contribution in [0.3, 0.4) is 0 Å². The van der Waals surface area contributed by atoms with Crippen LogP contribution in [0.5, 0.6) is 5.75 Å². The minimum Gasteiger partial charge on any atom is -0.474 e. The number of carbonyl (C=O) groups is 1. The molecule has 0 spiro atoms. The highest BCUT2D eigenvalue weighted by Crippen LogP contribution is 2.32. The van der Waals surface area contributed by atoms with E-state index in [-0.39, 0.29) is 0 Å². The van der Waals surface area contributed by atoms with E-state index in [4.69, 9.17) is 21.1 Å². The summed E-state index contributed by atoms with van der Waals surface area (Å²) in [6, 6.07) is 7.23. The van der Waals surface area contributed by atoms with Crippen LogP contribution in [0.1, 0.15) is 26.5 Å². The molecule has 0 aliphatic carbocycles.